The van der Waals surface area contributed by atoms with Gasteiger partial charge < -0.3 is 9.84 Å². The minimum absolute atomic E-state index is 0.431. The second kappa shape index (κ2) is 7.28. The minimum atomic E-state index is -0.431. The highest BCUT2D eigenvalue weighted by Crippen LogP contribution is 2.28. The van der Waals surface area contributed by atoms with Crippen molar-refractivity contribution in [2.75, 3.05) is 19.7 Å². The van der Waals surface area contributed by atoms with Crippen molar-refractivity contribution >= 4 is 0 Å². The first-order chi connectivity index (χ1) is 10.0. The van der Waals surface area contributed by atoms with Crippen molar-refractivity contribution in [2.45, 2.75) is 46.8 Å². The van der Waals surface area contributed by atoms with Gasteiger partial charge in [-0.15, -0.1) is 0 Å². The Morgan fingerprint density at radius 3 is 2.71 bits per heavy atom. The summed E-state index contributed by atoms with van der Waals surface area (Å²) in [5, 5.41) is 9.80. The highest BCUT2D eigenvalue weighted by molar-refractivity contribution is 5.38. The van der Waals surface area contributed by atoms with Crippen LogP contribution in [0.25, 0.3) is 0 Å². The normalized spacial score (nSPS) is 24.8. The van der Waals surface area contributed by atoms with Crippen LogP contribution in [0.1, 0.15) is 51.3 Å². The van der Waals surface area contributed by atoms with Crippen LogP contribution in [0.2, 0.25) is 0 Å². The van der Waals surface area contributed by atoms with E-state index in [0.29, 0.717) is 6.61 Å². The fraction of sp³-hybridized carbons (Fsp3) is 0.667. The molecule has 3 unspecified atom stereocenters. The zero-order valence-corrected chi connectivity index (χ0v) is 13.8. The van der Waals surface area contributed by atoms with Crippen molar-refractivity contribution in [2.24, 2.45) is 11.8 Å². The van der Waals surface area contributed by atoms with Gasteiger partial charge in [0.25, 0.3) is 0 Å². The average molecular weight is 291 g/mol. The van der Waals surface area contributed by atoms with Gasteiger partial charge in [0.05, 0.1) is 12.7 Å². The maximum Gasteiger partial charge on any atom is 0.123 e. The first-order valence-corrected chi connectivity index (χ1v) is 8.17. The lowest BCUT2D eigenvalue weighted by Gasteiger charge is -2.35. The van der Waals surface area contributed by atoms with Crippen LogP contribution in [0.15, 0.2) is 18.2 Å². The van der Waals surface area contributed by atoms with Gasteiger partial charge in [-0.05, 0) is 56.3 Å². The molecule has 0 saturated carbocycles. The summed E-state index contributed by atoms with van der Waals surface area (Å²) in [5.74, 6) is 2.51. The molecule has 2 rings (SSSR count). The fourth-order valence-corrected chi connectivity index (χ4v) is 3.01. The maximum absolute atomic E-state index is 9.80. The maximum atomic E-state index is 9.80. The molecule has 21 heavy (non-hydrogen) atoms. The first-order valence-electron chi connectivity index (χ1n) is 8.17. The predicted octanol–water partition coefficient (Wildman–Crippen LogP) is 3.62. The van der Waals surface area contributed by atoms with Crippen molar-refractivity contribution < 1.29 is 9.84 Å². The van der Waals surface area contributed by atoms with E-state index in [4.69, 9.17) is 4.74 Å². The van der Waals surface area contributed by atoms with Gasteiger partial charge in [-0.2, -0.15) is 0 Å². The third kappa shape index (κ3) is 4.21. The third-order valence-corrected chi connectivity index (χ3v) is 4.68. The van der Waals surface area contributed by atoms with Gasteiger partial charge in [-0.3, -0.25) is 4.90 Å². The predicted molar refractivity (Wildman–Crippen MR) is 86.5 cm³/mol. The Morgan fingerprint density at radius 2 is 2.10 bits per heavy atom. The highest BCUT2D eigenvalue weighted by atomic mass is 16.5. The summed E-state index contributed by atoms with van der Waals surface area (Å²) in [5.41, 5.74) is 2.16. The Bertz CT molecular complexity index is 459. The lowest BCUT2D eigenvalue weighted by atomic mass is 9.88. The smallest absolute Gasteiger partial charge is 0.123 e. The zero-order valence-electron chi connectivity index (χ0n) is 13.8. The van der Waals surface area contributed by atoms with E-state index in [0.717, 1.165) is 42.8 Å². The Kier molecular flexibility index (Phi) is 5.65. The average Bonchev–Trinajstić information content (AvgIpc) is 2.45. The molecule has 1 saturated heterocycles. The van der Waals surface area contributed by atoms with Crippen LogP contribution >= 0.6 is 0 Å². The Labute approximate surface area is 128 Å². The molecule has 3 heteroatoms. The van der Waals surface area contributed by atoms with Gasteiger partial charge in [0, 0.05) is 18.7 Å². The van der Waals surface area contributed by atoms with Crippen LogP contribution in [-0.4, -0.2) is 29.7 Å². The van der Waals surface area contributed by atoms with E-state index in [-0.39, 0.29) is 0 Å². The second-order valence-corrected chi connectivity index (χ2v) is 6.45. The second-order valence-electron chi connectivity index (χ2n) is 6.45. The molecule has 1 heterocycles. The van der Waals surface area contributed by atoms with Crippen molar-refractivity contribution in [1.29, 1.82) is 0 Å². The number of ether oxygens (including phenoxy) is 1. The van der Waals surface area contributed by atoms with E-state index < -0.39 is 6.10 Å². The van der Waals surface area contributed by atoms with Crippen molar-refractivity contribution in [3.8, 4) is 5.75 Å². The first kappa shape index (κ1) is 16.3. The highest BCUT2D eigenvalue weighted by Gasteiger charge is 2.23. The van der Waals surface area contributed by atoms with Crippen LogP contribution < -0.4 is 4.74 Å². The van der Waals surface area contributed by atoms with Crippen LogP contribution in [0, 0.1) is 11.8 Å². The number of hydrogen-bond acceptors (Lipinski definition) is 3. The topological polar surface area (TPSA) is 32.7 Å². The van der Waals surface area contributed by atoms with Crippen molar-refractivity contribution in [1.82, 2.24) is 4.90 Å². The van der Waals surface area contributed by atoms with Crippen LogP contribution in [-0.2, 0) is 6.54 Å². The quantitative estimate of drug-likeness (QED) is 0.899. The molecule has 1 aromatic rings. The summed E-state index contributed by atoms with van der Waals surface area (Å²) in [6.45, 7) is 12.4. The van der Waals surface area contributed by atoms with E-state index >= 15 is 0 Å². The number of aliphatic hydroxyl groups excluding tert-OH is 1. The number of piperidine rings is 1. The molecule has 1 aliphatic heterocycles. The van der Waals surface area contributed by atoms with Crippen LogP contribution in [0.5, 0.6) is 5.75 Å². The standard InChI is InChI=1S/C18H29NO2/c1-5-21-18-7-6-16(15(4)20)10-17(18)12-19-9-8-13(2)14(3)11-19/h6-7,10,13-15,20H,5,8-9,11-12H2,1-4H3. The fourth-order valence-electron chi connectivity index (χ4n) is 3.01. The van der Waals surface area contributed by atoms with Gasteiger partial charge in [-0.1, -0.05) is 19.9 Å². The summed E-state index contributed by atoms with van der Waals surface area (Å²) in [6.07, 6.45) is 0.834. The van der Waals surface area contributed by atoms with Crippen LogP contribution in [0.3, 0.4) is 0 Å². The summed E-state index contributed by atoms with van der Waals surface area (Å²) >= 11 is 0. The Hall–Kier alpha value is -1.06. The van der Waals surface area contributed by atoms with Crippen molar-refractivity contribution in [3.05, 3.63) is 29.3 Å². The molecule has 3 atom stereocenters. The minimum Gasteiger partial charge on any atom is -0.494 e. The van der Waals surface area contributed by atoms with Gasteiger partial charge in [0.1, 0.15) is 5.75 Å². The lowest BCUT2D eigenvalue weighted by Crippen LogP contribution is -2.37. The zero-order chi connectivity index (χ0) is 15.4. The number of nitrogens with zero attached hydrogens (tertiary/aromatic N) is 1. The van der Waals surface area contributed by atoms with E-state index in [1.54, 1.807) is 0 Å². The number of hydrogen-bond donors (Lipinski definition) is 1. The summed E-state index contributed by atoms with van der Waals surface area (Å²) in [6, 6.07) is 6.05. The van der Waals surface area contributed by atoms with E-state index in [1.807, 2.05) is 26.0 Å². The monoisotopic (exact) mass is 291 g/mol. The van der Waals surface area contributed by atoms with E-state index in [9.17, 15) is 5.11 Å². The Morgan fingerprint density at radius 1 is 1.33 bits per heavy atom. The van der Waals surface area contributed by atoms with Gasteiger partial charge in [-0.25, -0.2) is 0 Å². The molecule has 1 N–H and O–H groups in total. The molecule has 0 bridgehead atoms. The molecule has 0 aliphatic carbocycles. The van der Waals surface area contributed by atoms with E-state index in [2.05, 4.69) is 24.8 Å². The lowest BCUT2D eigenvalue weighted by molar-refractivity contribution is 0.130. The molecule has 0 spiro atoms. The summed E-state index contributed by atoms with van der Waals surface area (Å²) in [4.78, 5) is 2.51. The molecule has 1 aliphatic rings. The molecule has 1 aromatic carbocycles. The largest absolute Gasteiger partial charge is 0.494 e. The van der Waals surface area contributed by atoms with Crippen molar-refractivity contribution in [3.63, 3.8) is 0 Å². The number of aliphatic hydroxyl groups is 1. The SMILES string of the molecule is CCOc1ccc(C(C)O)cc1CN1CCC(C)C(C)C1. The number of likely N-dealkylation sites (tertiary alicyclic amines) is 1. The van der Waals surface area contributed by atoms with Gasteiger partial charge in [0.15, 0.2) is 0 Å². The molecular weight excluding hydrogens is 262 g/mol. The summed E-state index contributed by atoms with van der Waals surface area (Å²) < 4.78 is 5.75. The number of rotatable bonds is 5. The third-order valence-electron chi connectivity index (χ3n) is 4.68. The molecular formula is C18H29NO2. The molecule has 3 nitrogen and oxygen atoms in total. The Balaban J connectivity index is 2.14. The molecule has 0 amide bonds. The molecule has 1 fully saturated rings. The molecule has 0 radical (unpaired) electrons. The van der Waals surface area contributed by atoms with Crippen LogP contribution in [0.4, 0.5) is 0 Å². The molecule has 0 aromatic heterocycles. The van der Waals surface area contributed by atoms with Gasteiger partial charge in [0.2, 0.25) is 0 Å². The number of benzene rings is 1. The molecule has 118 valence electrons. The summed E-state index contributed by atoms with van der Waals surface area (Å²) in [7, 11) is 0. The van der Waals surface area contributed by atoms with E-state index in [1.165, 1.54) is 12.0 Å². The van der Waals surface area contributed by atoms with Gasteiger partial charge >= 0.3 is 0 Å².